The molecule has 146 valence electrons. The number of methoxy groups -OCH3 is 3. The van der Waals surface area contributed by atoms with Crippen LogP contribution in [0, 0.1) is 0 Å². The second-order valence-electron chi connectivity index (χ2n) is 6.15. The summed E-state index contributed by atoms with van der Waals surface area (Å²) >= 11 is 0. The summed E-state index contributed by atoms with van der Waals surface area (Å²) in [4.78, 5) is 26.3. The number of imide groups is 1. The van der Waals surface area contributed by atoms with Crippen LogP contribution in [0.4, 0.5) is 0 Å². The van der Waals surface area contributed by atoms with Gasteiger partial charge >= 0.3 is 0 Å². The summed E-state index contributed by atoms with van der Waals surface area (Å²) in [6, 6.07) is 12.1. The van der Waals surface area contributed by atoms with Crippen molar-refractivity contribution in [2.24, 2.45) is 0 Å². The zero-order valence-corrected chi connectivity index (χ0v) is 15.9. The van der Waals surface area contributed by atoms with E-state index in [1.54, 1.807) is 25.3 Å². The normalized spacial score (nSPS) is 13.9. The molecule has 0 saturated carbocycles. The molecule has 3 rings (SSSR count). The van der Waals surface area contributed by atoms with Gasteiger partial charge in [0, 0.05) is 6.54 Å². The molecule has 0 aromatic heterocycles. The zero-order chi connectivity index (χ0) is 20.3. The SMILES string of the molecule is COc1ccc(CCN2C(=O)C(O)=C(c3ccc(OC)c(OC)c3)C2=O)cc1. The lowest BCUT2D eigenvalue weighted by Gasteiger charge is -2.15. The van der Waals surface area contributed by atoms with Gasteiger partial charge in [-0.25, -0.2) is 0 Å². The molecule has 1 heterocycles. The van der Waals surface area contributed by atoms with Gasteiger partial charge < -0.3 is 19.3 Å². The molecule has 7 nitrogen and oxygen atoms in total. The largest absolute Gasteiger partial charge is 0.502 e. The summed E-state index contributed by atoms with van der Waals surface area (Å²) in [6.07, 6.45) is 0.466. The van der Waals surface area contributed by atoms with Gasteiger partial charge in [0.05, 0.1) is 26.9 Å². The van der Waals surface area contributed by atoms with Crippen LogP contribution in [0.15, 0.2) is 48.2 Å². The third-order valence-corrected chi connectivity index (χ3v) is 4.60. The minimum Gasteiger partial charge on any atom is -0.502 e. The quantitative estimate of drug-likeness (QED) is 0.740. The molecule has 28 heavy (non-hydrogen) atoms. The summed E-state index contributed by atoms with van der Waals surface area (Å²) in [6.45, 7) is 0.158. The number of aliphatic hydroxyl groups is 1. The zero-order valence-electron chi connectivity index (χ0n) is 15.9. The minimum absolute atomic E-state index is 0.0410. The Morgan fingerprint density at radius 3 is 2.14 bits per heavy atom. The lowest BCUT2D eigenvalue weighted by molar-refractivity contribution is -0.138. The number of carbonyl (C=O) groups is 2. The predicted molar refractivity (Wildman–Crippen MR) is 103 cm³/mol. The predicted octanol–water partition coefficient (Wildman–Crippen LogP) is 2.59. The molecule has 0 atom stereocenters. The molecular formula is C21H21NO6. The Labute approximate surface area is 162 Å². The van der Waals surface area contributed by atoms with E-state index in [4.69, 9.17) is 14.2 Å². The summed E-state index contributed by atoms with van der Waals surface area (Å²) in [5, 5.41) is 10.3. The van der Waals surface area contributed by atoms with Crippen molar-refractivity contribution in [3.63, 3.8) is 0 Å². The van der Waals surface area contributed by atoms with E-state index in [2.05, 4.69) is 0 Å². The fourth-order valence-corrected chi connectivity index (χ4v) is 3.05. The first-order chi connectivity index (χ1) is 13.5. The van der Waals surface area contributed by atoms with E-state index in [0.717, 1.165) is 16.2 Å². The second kappa shape index (κ2) is 8.04. The third-order valence-electron chi connectivity index (χ3n) is 4.60. The molecule has 0 unspecified atom stereocenters. The van der Waals surface area contributed by atoms with Gasteiger partial charge in [-0.05, 0) is 41.8 Å². The van der Waals surface area contributed by atoms with Gasteiger partial charge in [0.25, 0.3) is 11.8 Å². The Balaban J connectivity index is 1.79. The first kappa shape index (κ1) is 19.3. The average molecular weight is 383 g/mol. The van der Waals surface area contributed by atoms with Crippen LogP contribution in [0.25, 0.3) is 5.57 Å². The van der Waals surface area contributed by atoms with E-state index in [1.807, 2.05) is 24.3 Å². The van der Waals surface area contributed by atoms with E-state index in [9.17, 15) is 14.7 Å². The van der Waals surface area contributed by atoms with Crippen LogP contribution in [0.3, 0.4) is 0 Å². The Morgan fingerprint density at radius 1 is 0.857 bits per heavy atom. The van der Waals surface area contributed by atoms with Gasteiger partial charge in [-0.1, -0.05) is 18.2 Å². The molecule has 2 aromatic rings. The molecule has 0 bridgehead atoms. The fourth-order valence-electron chi connectivity index (χ4n) is 3.05. The maximum Gasteiger partial charge on any atom is 0.296 e. The van der Waals surface area contributed by atoms with E-state index in [-0.39, 0.29) is 12.1 Å². The third kappa shape index (κ3) is 3.51. The van der Waals surface area contributed by atoms with Gasteiger partial charge in [-0.2, -0.15) is 0 Å². The average Bonchev–Trinajstić information content (AvgIpc) is 2.94. The molecule has 1 aliphatic heterocycles. The topological polar surface area (TPSA) is 85.3 Å². The Morgan fingerprint density at radius 2 is 1.54 bits per heavy atom. The van der Waals surface area contributed by atoms with Crippen molar-refractivity contribution in [1.82, 2.24) is 4.90 Å². The van der Waals surface area contributed by atoms with Crippen LogP contribution in [0.1, 0.15) is 11.1 Å². The van der Waals surface area contributed by atoms with Crippen molar-refractivity contribution in [3.8, 4) is 17.2 Å². The lowest BCUT2D eigenvalue weighted by atomic mass is 10.0. The highest BCUT2D eigenvalue weighted by atomic mass is 16.5. The number of amides is 2. The molecule has 0 radical (unpaired) electrons. The standard InChI is InChI=1S/C21H21NO6/c1-26-15-7-4-13(5-8-15)10-11-22-20(24)18(19(23)21(22)25)14-6-9-16(27-2)17(12-14)28-3/h4-9,12,23H,10-11H2,1-3H3. The number of aliphatic hydroxyl groups excluding tert-OH is 1. The van der Waals surface area contributed by atoms with Gasteiger partial charge in [0.15, 0.2) is 17.3 Å². The lowest BCUT2D eigenvalue weighted by Crippen LogP contribution is -2.33. The molecule has 7 heteroatoms. The van der Waals surface area contributed by atoms with Gasteiger partial charge in [0.1, 0.15) is 5.75 Å². The number of ether oxygens (including phenoxy) is 3. The highest BCUT2D eigenvalue weighted by Gasteiger charge is 2.39. The highest BCUT2D eigenvalue weighted by molar-refractivity contribution is 6.34. The summed E-state index contributed by atoms with van der Waals surface area (Å²) in [7, 11) is 4.55. The maximum absolute atomic E-state index is 12.8. The Hall–Kier alpha value is -3.48. The van der Waals surface area contributed by atoms with Crippen LogP contribution in [0.5, 0.6) is 17.2 Å². The molecule has 1 aliphatic rings. The molecular weight excluding hydrogens is 362 g/mol. The molecule has 0 fully saturated rings. The van der Waals surface area contributed by atoms with E-state index < -0.39 is 17.6 Å². The number of hydrogen-bond acceptors (Lipinski definition) is 6. The van der Waals surface area contributed by atoms with Gasteiger partial charge in [-0.3, -0.25) is 14.5 Å². The number of rotatable bonds is 7. The molecule has 2 aromatic carbocycles. The molecule has 0 spiro atoms. The van der Waals surface area contributed by atoms with Crippen molar-refractivity contribution in [2.75, 3.05) is 27.9 Å². The molecule has 0 aliphatic carbocycles. The first-order valence-electron chi connectivity index (χ1n) is 8.65. The van der Waals surface area contributed by atoms with Crippen LogP contribution in [0.2, 0.25) is 0 Å². The first-order valence-corrected chi connectivity index (χ1v) is 8.65. The van der Waals surface area contributed by atoms with Crippen molar-refractivity contribution < 1.29 is 28.9 Å². The summed E-state index contributed by atoms with van der Waals surface area (Å²) < 4.78 is 15.5. The number of nitrogens with zero attached hydrogens (tertiary/aromatic N) is 1. The van der Waals surface area contributed by atoms with Crippen LogP contribution in [-0.4, -0.2) is 49.7 Å². The molecule has 0 saturated heterocycles. The Kier molecular flexibility index (Phi) is 5.54. The molecule has 2 amide bonds. The maximum atomic E-state index is 12.8. The van der Waals surface area contributed by atoms with E-state index in [0.29, 0.717) is 23.5 Å². The number of hydrogen-bond donors (Lipinski definition) is 1. The van der Waals surface area contributed by atoms with Crippen LogP contribution in [-0.2, 0) is 16.0 Å². The van der Waals surface area contributed by atoms with E-state index >= 15 is 0 Å². The second-order valence-corrected chi connectivity index (χ2v) is 6.15. The van der Waals surface area contributed by atoms with Gasteiger partial charge in [-0.15, -0.1) is 0 Å². The van der Waals surface area contributed by atoms with Crippen molar-refractivity contribution in [3.05, 3.63) is 59.4 Å². The fraction of sp³-hybridized carbons (Fsp3) is 0.238. The van der Waals surface area contributed by atoms with Crippen molar-refractivity contribution >= 4 is 17.4 Å². The summed E-state index contributed by atoms with van der Waals surface area (Å²) in [5.74, 6) is -0.192. The van der Waals surface area contributed by atoms with Crippen molar-refractivity contribution in [2.45, 2.75) is 6.42 Å². The Bertz CT molecular complexity index is 932. The highest BCUT2D eigenvalue weighted by Crippen LogP contribution is 2.34. The minimum atomic E-state index is -0.705. The van der Waals surface area contributed by atoms with E-state index in [1.165, 1.54) is 14.2 Å². The van der Waals surface area contributed by atoms with Crippen LogP contribution >= 0.6 is 0 Å². The monoisotopic (exact) mass is 383 g/mol. The van der Waals surface area contributed by atoms with Crippen molar-refractivity contribution in [1.29, 1.82) is 0 Å². The van der Waals surface area contributed by atoms with Gasteiger partial charge in [0.2, 0.25) is 0 Å². The number of carbonyl (C=O) groups excluding carboxylic acids is 2. The smallest absolute Gasteiger partial charge is 0.296 e. The number of benzene rings is 2. The summed E-state index contributed by atoms with van der Waals surface area (Å²) in [5.41, 5.74) is 1.29. The molecule has 1 N–H and O–H groups in total. The van der Waals surface area contributed by atoms with Crippen LogP contribution < -0.4 is 14.2 Å².